The van der Waals surface area contributed by atoms with Crippen LogP contribution in [0.4, 0.5) is 11.6 Å². The van der Waals surface area contributed by atoms with Crippen molar-refractivity contribution in [3.63, 3.8) is 0 Å². The fraction of sp³-hybridized carbons (Fsp3) is 0.417. The second-order valence-electron chi connectivity index (χ2n) is 4.19. The molecule has 0 saturated carbocycles. The van der Waals surface area contributed by atoms with Gasteiger partial charge >= 0.3 is 0 Å². The number of nitrogens with one attached hydrogen (secondary N) is 1. The lowest BCUT2D eigenvalue weighted by molar-refractivity contribution is 0.957. The Morgan fingerprint density at radius 2 is 2.00 bits per heavy atom. The highest BCUT2D eigenvalue weighted by atomic mass is 32.1. The van der Waals surface area contributed by atoms with Crippen LogP contribution in [-0.2, 0) is 6.42 Å². The molecule has 0 amide bonds. The van der Waals surface area contributed by atoms with Crippen molar-refractivity contribution in [1.82, 2.24) is 15.0 Å². The summed E-state index contributed by atoms with van der Waals surface area (Å²) in [4.78, 5) is 12.9. The first-order chi connectivity index (χ1) is 8.56. The van der Waals surface area contributed by atoms with Gasteiger partial charge in [-0.05, 0) is 20.8 Å². The van der Waals surface area contributed by atoms with Gasteiger partial charge in [0, 0.05) is 29.6 Å². The van der Waals surface area contributed by atoms with Crippen LogP contribution in [-0.4, -0.2) is 21.5 Å². The Hall–Kier alpha value is -1.69. The normalized spacial score (nSPS) is 10.6. The molecule has 2 rings (SSSR count). The van der Waals surface area contributed by atoms with Gasteiger partial charge in [-0.3, -0.25) is 0 Å². The van der Waals surface area contributed by atoms with E-state index in [4.69, 9.17) is 5.73 Å². The molecule has 0 bridgehead atoms. The summed E-state index contributed by atoms with van der Waals surface area (Å²) in [6.45, 7) is 6.56. The van der Waals surface area contributed by atoms with Gasteiger partial charge in [-0.25, -0.2) is 15.0 Å². The van der Waals surface area contributed by atoms with E-state index in [1.807, 2.05) is 20.8 Å². The Morgan fingerprint density at radius 3 is 2.67 bits per heavy atom. The maximum atomic E-state index is 5.81. The van der Waals surface area contributed by atoms with Crippen LogP contribution in [0.5, 0.6) is 0 Å². The fourth-order valence-corrected chi connectivity index (χ4v) is 2.40. The Labute approximate surface area is 111 Å². The van der Waals surface area contributed by atoms with Gasteiger partial charge in [0.05, 0.1) is 5.01 Å². The van der Waals surface area contributed by atoms with Gasteiger partial charge in [0.15, 0.2) is 0 Å². The number of anilines is 2. The number of hydrogen-bond acceptors (Lipinski definition) is 6. The largest absolute Gasteiger partial charge is 0.383 e. The third-order valence-electron chi connectivity index (χ3n) is 2.59. The van der Waals surface area contributed by atoms with Crippen LogP contribution in [0.3, 0.4) is 0 Å². The first kappa shape index (κ1) is 12.8. The molecular weight excluding hydrogens is 246 g/mol. The van der Waals surface area contributed by atoms with Gasteiger partial charge in [-0.1, -0.05) is 0 Å². The molecule has 18 heavy (non-hydrogen) atoms. The maximum Gasteiger partial charge on any atom is 0.134 e. The van der Waals surface area contributed by atoms with Crippen LogP contribution >= 0.6 is 11.3 Å². The first-order valence-electron chi connectivity index (χ1n) is 5.82. The van der Waals surface area contributed by atoms with Crippen LogP contribution in [0.1, 0.15) is 22.1 Å². The zero-order chi connectivity index (χ0) is 13.1. The minimum Gasteiger partial charge on any atom is -0.383 e. The number of aromatic nitrogens is 3. The Bertz CT molecular complexity index is 549. The van der Waals surface area contributed by atoms with Crippen molar-refractivity contribution in [3.8, 4) is 0 Å². The molecule has 2 aromatic rings. The summed E-state index contributed by atoms with van der Waals surface area (Å²) < 4.78 is 0. The summed E-state index contributed by atoms with van der Waals surface area (Å²) in [5, 5.41) is 6.49. The number of hydrogen-bond donors (Lipinski definition) is 2. The van der Waals surface area contributed by atoms with E-state index in [1.165, 1.54) is 0 Å². The number of nitrogen functional groups attached to an aromatic ring is 1. The molecule has 6 heteroatoms. The van der Waals surface area contributed by atoms with Crippen LogP contribution in [0.25, 0.3) is 0 Å². The van der Waals surface area contributed by atoms with E-state index in [1.54, 1.807) is 11.3 Å². The van der Waals surface area contributed by atoms with Crippen LogP contribution < -0.4 is 11.1 Å². The number of aryl methyl sites for hydroxylation is 2. The quantitative estimate of drug-likeness (QED) is 0.883. The molecular formula is C12H17N5S. The van der Waals surface area contributed by atoms with E-state index in [2.05, 4.69) is 25.6 Å². The van der Waals surface area contributed by atoms with Crippen molar-refractivity contribution in [3.05, 3.63) is 27.5 Å². The van der Waals surface area contributed by atoms with E-state index in [0.717, 1.165) is 35.0 Å². The van der Waals surface area contributed by atoms with E-state index >= 15 is 0 Å². The average Bonchev–Trinajstić information content (AvgIpc) is 2.71. The van der Waals surface area contributed by atoms with Crippen LogP contribution in [0.15, 0.2) is 5.38 Å². The summed E-state index contributed by atoms with van der Waals surface area (Å²) in [5.74, 6) is 2.04. The van der Waals surface area contributed by atoms with Crippen molar-refractivity contribution in [1.29, 1.82) is 0 Å². The Kier molecular flexibility index (Phi) is 3.76. The molecule has 0 atom stereocenters. The molecule has 0 aliphatic heterocycles. The minimum atomic E-state index is 0.537. The highest BCUT2D eigenvalue weighted by molar-refractivity contribution is 7.09. The molecule has 0 saturated heterocycles. The summed E-state index contributed by atoms with van der Waals surface area (Å²) in [6.07, 6.45) is 0.890. The van der Waals surface area contributed by atoms with Crippen LogP contribution in [0, 0.1) is 20.8 Å². The summed E-state index contributed by atoms with van der Waals surface area (Å²) in [5.41, 5.74) is 7.78. The van der Waals surface area contributed by atoms with Crippen molar-refractivity contribution in [2.24, 2.45) is 0 Å². The molecule has 0 fully saturated rings. The summed E-state index contributed by atoms with van der Waals surface area (Å²) in [6, 6.07) is 0. The number of nitrogens with two attached hydrogens (primary N) is 1. The molecule has 0 unspecified atom stereocenters. The molecule has 0 radical (unpaired) electrons. The average molecular weight is 263 g/mol. The zero-order valence-corrected chi connectivity index (χ0v) is 11.6. The molecule has 0 aliphatic carbocycles. The Balaban J connectivity index is 1.98. The number of nitrogens with zero attached hydrogens (tertiary/aromatic N) is 3. The fourth-order valence-electron chi connectivity index (χ4n) is 1.63. The summed E-state index contributed by atoms with van der Waals surface area (Å²) >= 11 is 1.69. The molecule has 96 valence electrons. The molecule has 0 spiro atoms. The first-order valence-corrected chi connectivity index (χ1v) is 6.70. The molecule has 5 nitrogen and oxygen atoms in total. The van der Waals surface area contributed by atoms with Gasteiger partial charge in [-0.15, -0.1) is 11.3 Å². The highest BCUT2D eigenvalue weighted by Crippen LogP contribution is 2.17. The number of rotatable bonds is 4. The van der Waals surface area contributed by atoms with E-state index in [9.17, 15) is 0 Å². The third kappa shape index (κ3) is 2.95. The maximum absolute atomic E-state index is 5.81. The van der Waals surface area contributed by atoms with Crippen molar-refractivity contribution >= 4 is 23.0 Å². The van der Waals surface area contributed by atoms with Crippen molar-refractivity contribution in [2.45, 2.75) is 27.2 Å². The van der Waals surface area contributed by atoms with Gasteiger partial charge in [0.2, 0.25) is 0 Å². The lowest BCUT2D eigenvalue weighted by atomic mass is 10.3. The Morgan fingerprint density at radius 1 is 1.22 bits per heavy atom. The second-order valence-corrected chi connectivity index (χ2v) is 5.13. The third-order valence-corrected chi connectivity index (χ3v) is 3.62. The monoisotopic (exact) mass is 263 g/mol. The topological polar surface area (TPSA) is 76.7 Å². The van der Waals surface area contributed by atoms with Crippen molar-refractivity contribution < 1.29 is 0 Å². The van der Waals surface area contributed by atoms with Crippen LogP contribution in [0.2, 0.25) is 0 Å². The minimum absolute atomic E-state index is 0.537. The lowest BCUT2D eigenvalue weighted by Gasteiger charge is -2.10. The van der Waals surface area contributed by atoms with Gasteiger partial charge in [-0.2, -0.15) is 0 Å². The number of thiazole rings is 1. The predicted molar refractivity (Wildman–Crippen MR) is 75.0 cm³/mol. The zero-order valence-electron chi connectivity index (χ0n) is 10.8. The second kappa shape index (κ2) is 5.30. The molecule has 0 aromatic carbocycles. The van der Waals surface area contributed by atoms with E-state index < -0.39 is 0 Å². The van der Waals surface area contributed by atoms with Gasteiger partial charge in [0.1, 0.15) is 17.5 Å². The SMILES string of the molecule is Cc1csc(CCNc2nc(C)nc(N)c2C)n1. The summed E-state index contributed by atoms with van der Waals surface area (Å²) in [7, 11) is 0. The van der Waals surface area contributed by atoms with Crippen molar-refractivity contribution in [2.75, 3.05) is 17.6 Å². The molecule has 0 aliphatic rings. The van der Waals surface area contributed by atoms with E-state index in [-0.39, 0.29) is 0 Å². The van der Waals surface area contributed by atoms with Gasteiger partial charge in [0.25, 0.3) is 0 Å². The molecule has 2 heterocycles. The molecule has 2 aromatic heterocycles. The van der Waals surface area contributed by atoms with E-state index in [0.29, 0.717) is 11.6 Å². The lowest BCUT2D eigenvalue weighted by Crippen LogP contribution is -2.10. The predicted octanol–water partition coefficient (Wildman–Crippen LogP) is 2.10. The van der Waals surface area contributed by atoms with Gasteiger partial charge < -0.3 is 11.1 Å². The standard InChI is InChI=1S/C12H17N5S/c1-7-6-18-10(15-7)4-5-14-12-8(2)11(13)16-9(3)17-12/h6H,4-5H2,1-3H3,(H3,13,14,16,17). The smallest absolute Gasteiger partial charge is 0.134 e. The molecule has 3 N–H and O–H groups in total. The highest BCUT2D eigenvalue weighted by Gasteiger charge is 2.06.